The lowest BCUT2D eigenvalue weighted by atomic mass is 10.2. The van der Waals surface area contributed by atoms with Crippen molar-refractivity contribution in [3.05, 3.63) is 29.8 Å². The average molecular weight is 362 g/mol. The third-order valence-electron chi connectivity index (χ3n) is 3.81. The summed E-state index contributed by atoms with van der Waals surface area (Å²) in [4.78, 5) is 13.9. The van der Waals surface area contributed by atoms with Gasteiger partial charge in [-0.3, -0.25) is 4.79 Å². The molecule has 1 heterocycles. The van der Waals surface area contributed by atoms with Gasteiger partial charge in [0.1, 0.15) is 0 Å². The number of amides is 1. The third kappa shape index (κ3) is 5.46. The molecule has 23 heavy (non-hydrogen) atoms. The maximum atomic E-state index is 12.1. The molecule has 1 unspecified atom stereocenters. The summed E-state index contributed by atoms with van der Waals surface area (Å²) in [7, 11) is -1.82. The number of carbonyl (C=O) groups is 1. The van der Waals surface area contributed by atoms with E-state index in [1.54, 1.807) is 36.2 Å². The Balaban J connectivity index is 0.00000264. The van der Waals surface area contributed by atoms with Gasteiger partial charge in [-0.2, -0.15) is 0 Å². The number of benzene rings is 1. The van der Waals surface area contributed by atoms with E-state index in [0.717, 1.165) is 24.9 Å². The molecule has 1 aliphatic heterocycles. The highest BCUT2D eigenvalue weighted by Crippen LogP contribution is 2.10. The molecule has 1 fully saturated rings. The molecule has 130 valence electrons. The van der Waals surface area contributed by atoms with Gasteiger partial charge in [-0.1, -0.05) is 17.7 Å². The maximum absolute atomic E-state index is 12.1. The molecule has 8 heteroatoms. The second-order valence-corrected chi connectivity index (χ2v) is 7.39. The Kier molecular flexibility index (Phi) is 7.47. The van der Waals surface area contributed by atoms with Crippen molar-refractivity contribution in [1.82, 2.24) is 14.9 Å². The Morgan fingerprint density at radius 3 is 2.57 bits per heavy atom. The van der Waals surface area contributed by atoms with Crippen molar-refractivity contribution in [2.75, 3.05) is 26.7 Å². The molecule has 1 aromatic carbocycles. The lowest BCUT2D eigenvalue weighted by Crippen LogP contribution is -2.44. The van der Waals surface area contributed by atoms with Gasteiger partial charge < -0.3 is 10.2 Å². The van der Waals surface area contributed by atoms with Crippen LogP contribution >= 0.6 is 12.4 Å². The Morgan fingerprint density at radius 2 is 2.00 bits per heavy atom. The standard InChI is InChI=1S/C15H23N3O3S.ClH/c1-12-5-7-13(8-6-12)22(20,21)17-10-11-18(2)15(19)14-4-3-9-16-14;/h5-8,14,16-17H,3-4,9-11H2,1-2H3;1H. The Labute approximate surface area is 144 Å². The van der Waals surface area contributed by atoms with Crippen LogP contribution in [0, 0.1) is 6.92 Å². The number of nitrogens with zero attached hydrogens (tertiary/aromatic N) is 1. The van der Waals surface area contributed by atoms with E-state index in [1.807, 2.05) is 6.92 Å². The molecule has 0 spiro atoms. The first-order valence-electron chi connectivity index (χ1n) is 7.45. The zero-order valence-electron chi connectivity index (χ0n) is 13.4. The number of nitrogens with one attached hydrogen (secondary N) is 2. The number of hydrogen-bond donors (Lipinski definition) is 2. The van der Waals surface area contributed by atoms with Gasteiger partial charge in [-0.15, -0.1) is 12.4 Å². The van der Waals surface area contributed by atoms with Gasteiger partial charge in [0.15, 0.2) is 0 Å². The summed E-state index contributed by atoms with van der Waals surface area (Å²) in [5, 5.41) is 3.15. The summed E-state index contributed by atoms with van der Waals surface area (Å²) in [5.74, 6) is 0.0204. The number of halogens is 1. The quantitative estimate of drug-likeness (QED) is 0.789. The van der Waals surface area contributed by atoms with Crippen molar-refractivity contribution in [1.29, 1.82) is 0 Å². The number of rotatable bonds is 6. The van der Waals surface area contributed by atoms with Gasteiger partial charge in [-0.05, 0) is 38.4 Å². The van der Waals surface area contributed by atoms with Gasteiger partial charge in [0, 0.05) is 20.1 Å². The molecule has 1 aromatic rings. The fourth-order valence-corrected chi connectivity index (χ4v) is 3.44. The lowest BCUT2D eigenvalue weighted by molar-refractivity contribution is -0.131. The zero-order chi connectivity index (χ0) is 16.2. The molecule has 0 bridgehead atoms. The van der Waals surface area contributed by atoms with Gasteiger partial charge >= 0.3 is 0 Å². The second kappa shape index (κ2) is 8.63. The van der Waals surface area contributed by atoms with Crippen molar-refractivity contribution < 1.29 is 13.2 Å². The monoisotopic (exact) mass is 361 g/mol. The molecular weight excluding hydrogens is 338 g/mol. The summed E-state index contributed by atoms with van der Waals surface area (Å²) >= 11 is 0. The largest absolute Gasteiger partial charge is 0.343 e. The summed E-state index contributed by atoms with van der Waals surface area (Å²) in [6.07, 6.45) is 1.85. The SMILES string of the molecule is Cc1ccc(S(=O)(=O)NCCN(C)C(=O)C2CCCN2)cc1.Cl. The molecule has 0 saturated carbocycles. The van der Waals surface area contributed by atoms with Crippen LogP contribution in [0.4, 0.5) is 0 Å². The fourth-order valence-electron chi connectivity index (χ4n) is 2.42. The summed E-state index contributed by atoms with van der Waals surface area (Å²) < 4.78 is 26.8. The van der Waals surface area contributed by atoms with Crippen LogP contribution in [-0.2, 0) is 14.8 Å². The molecule has 2 N–H and O–H groups in total. The number of aryl methyl sites for hydroxylation is 1. The highest BCUT2D eigenvalue weighted by molar-refractivity contribution is 7.89. The topological polar surface area (TPSA) is 78.5 Å². The smallest absolute Gasteiger partial charge is 0.240 e. The van der Waals surface area contributed by atoms with Crippen LogP contribution in [0.25, 0.3) is 0 Å². The van der Waals surface area contributed by atoms with E-state index in [0.29, 0.717) is 6.54 Å². The molecule has 2 rings (SSSR count). The van der Waals surface area contributed by atoms with Crippen LogP contribution in [0.1, 0.15) is 18.4 Å². The minimum atomic E-state index is -3.52. The molecular formula is C15H24ClN3O3S. The molecule has 0 aromatic heterocycles. The first kappa shape index (κ1) is 19.9. The van der Waals surface area contributed by atoms with Crippen LogP contribution in [0.2, 0.25) is 0 Å². The van der Waals surface area contributed by atoms with Crippen LogP contribution in [0.15, 0.2) is 29.2 Å². The summed E-state index contributed by atoms with van der Waals surface area (Å²) in [6.45, 7) is 3.32. The van der Waals surface area contributed by atoms with Crippen molar-refractivity contribution in [3.63, 3.8) is 0 Å². The third-order valence-corrected chi connectivity index (χ3v) is 5.28. The molecule has 0 aliphatic carbocycles. The van der Waals surface area contributed by atoms with Crippen LogP contribution in [0.3, 0.4) is 0 Å². The minimum Gasteiger partial charge on any atom is -0.343 e. The van der Waals surface area contributed by atoms with Crippen LogP contribution in [0.5, 0.6) is 0 Å². The highest BCUT2D eigenvalue weighted by atomic mass is 35.5. The van der Waals surface area contributed by atoms with E-state index in [9.17, 15) is 13.2 Å². The maximum Gasteiger partial charge on any atom is 0.240 e. The van der Waals surface area contributed by atoms with E-state index in [2.05, 4.69) is 10.0 Å². The first-order valence-corrected chi connectivity index (χ1v) is 8.93. The second-order valence-electron chi connectivity index (χ2n) is 5.62. The predicted molar refractivity (Wildman–Crippen MR) is 92.3 cm³/mol. The van der Waals surface area contributed by atoms with Gasteiger partial charge in [-0.25, -0.2) is 13.1 Å². The van der Waals surface area contributed by atoms with Crippen molar-refractivity contribution in [2.24, 2.45) is 0 Å². The number of likely N-dealkylation sites (N-methyl/N-ethyl adjacent to an activating group) is 1. The molecule has 1 atom stereocenters. The van der Waals surface area contributed by atoms with Gasteiger partial charge in [0.25, 0.3) is 0 Å². The van der Waals surface area contributed by atoms with E-state index < -0.39 is 10.0 Å². The first-order chi connectivity index (χ1) is 10.4. The van der Waals surface area contributed by atoms with Crippen LogP contribution in [-0.4, -0.2) is 51.9 Å². The fraction of sp³-hybridized carbons (Fsp3) is 0.533. The van der Waals surface area contributed by atoms with Gasteiger partial charge in [0.05, 0.1) is 10.9 Å². The van der Waals surface area contributed by atoms with Crippen molar-refractivity contribution in [2.45, 2.75) is 30.7 Å². The van der Waals surface area contributed by atoms with Gasteiger partial charge in [0.2, 0.25) is 15.9 Å². The van der Waals surface area contributed by atoms with E-state index in [4.69, 9.17) is 0 Å². The Morgan fingerprint density at radius 1 is 1.35 bits per heavy atom. The van der Waals surface area contributed by atoms with Crippen molar-refractivity contribution >= 4 is 28.3 Å². The normalized spacial score (nSPS) is 17.6. The Hall–Kier alpha value is -1.15. The summed E-state index contributed by atoms with van der Waals surface area (Å²) in [5.41, 5.74) is 1.01. The van der Waals surface area contributed by atoms with Crippen LogP contribution < -0.4 is 10.0 Å². The number of carbonyl (C=O) groups excluding carboxylic acids is 1. The summed E-state index contributed by atoms with van der Waals surface area (Å²) in [6, 6.07) is 6.55. The van der Waals surface area contributed by atoms with Crippen molar-refractivity contribution in [3.8, 4) is 0 Å². The highest BCUT2D eigenvalue weighted by Gasteiger charge is 2.24. The lowest BCUT2D eigenvalue weighted by Gasteiger charge is -2.21. The predicted octanol–water partition coefficient (Wildman–Crippen LogP) is 0.906. The molecule has 1 amide bonds. The van der Waals surface area contributed by atoms with E-state index in [1.165, 1.54) is 0 Å². The van der Waals surface area contributed by atoms with E-state index in [-0.39, 0.29) is 35.8 Å². The van der Waals surface area contributed by atoms with E-state index >= 15 is 0 Å². The molecule has 1 saturated heterocycles. The molecule has 0 radical (unpaired) electrons. The molecule has 6 nitrogen and oxygen atoms in total. The minimum absolute atomic E-state index is 0. The Bertz CT molecular complexity index is 613. The number of sulfonamides is 1. The average Bonchev–Trinajstić information content (AvgIpc) is 3.00. The molecule has 1 aliphatic rings. The zero-order valence-corrected chi connectivity index (χ0v) is 15.0. The number of hydrogen-bond acceptors (Lipinski definition) is 4.